The molecule has 4 nitrogen and oxygen atoms in total. The number of ketones is 1. The third-order valence-electron chi connectivity index (χ3n) is 3.54. The van der Waals surface area contributed by atoms with Gasteiger partial charge in [-0.1, -0.05) is 6.42 Å². The van der Waals surface area contributed by atoms with Crippen LogP contribution in [0.2, 0.25) is 0 Å². The van der Waals surface area contributed by atoms with E-state index in [0.29, 0.717) is 25.3 Å². The van der Waals surface area contributed by atoms with Crippen molar-refractivity contribution in [1.29, 1.82) is 0 Å². The number of ether oxygens (including phenoxy) is 1. The molecule has 0 N–H and O–H groups in total. The smallest absolute Gasteiger partial charge is 0.410 e. The van der Waals surface area contributed by atoms with Crippen molar-refractivity contribution in [2.45, 2.75) is 52.1 Å². The quantitative estimate of drug-likeness (QED) is 0.652. The van der Waals surface area contributed by atoms with Gasteiger partial charge in [0.2, 0.25) is 0 Å². The molecule has 0 atom stereocenters. The van der Waals surface area contributed by atoms with Crippen molar-refractivity contribution in [3.8, 4) is 0 Å². The van der Waals surface area contributed by atoms with Gasteiger partial charge in [0.05, 0.1) is 5.41 Å². The molecule has 4 heteroatoms. The van der Waals surface area contributed by atoms with Gasteiger partial charge in [0.1, 0.15) is 11.4 Å². The van der Waals surface area contributed by atoms with Gasteiger partial charge in [-0.3, -0.25) is 4.79 Å². The first-order chi connectivity index (χ1) is 7.82. The Kier molecular flexibility index (Phi) is 2.92. The van der Waals surface area contributed by atoms with Crippen LogP contribution in [0.1, 0.15) is 46.5 Å². The van der Waals surface area contributed by atoms with Crippen molar-refractivity contribution in [3.63, 3.8) is 0 Å². The van der Waals surface area contributed by atoms with Crippen molar-refractivity contribution in [1.82, 2.24) is 4.90 Å². The summed E-state index contributed by atoms with van der Waals surface area (Å²) >= 11 is 0. The van der Waals surface area contributed by atoms with Gasteiger partial charge in [0.25, 0.3) is 0 Å². The highest BCUT2D eigenvalue weighted by molar-refractivity contribution is 5.88. The maximum atomic E-state index is 11.9. The highest BCUT2D eigenvalue weighted by atomic mass is 16.6. The molecule has 1 saturated carbocycles. The summed E-state index contributed by atoms with van der Waals surface area (Å²) in [7, 11) is 0. The lowest BCUT2D eigenvalue weighted by atomic mass is 9.68. The zero-order valence-electron chi connectivity index (χ0n) is 10.9. The minimum Gasteiger partial charge on any atom is -0.444 e. The molecule has 0 unspecified atom stereocenters. The Balaban J connectivity index is 1.89. The standard InChI is InChI=1S/C13H21NO3/c1-12(2,3)17-11(16)14-8-13(9-14)7-5-4-6-10(13)15/h4-9H2,1-3H3. The predicted molar refractivity (Wildman–Crippen MR) is 63.7 cm³/mol. The highest BCUT2D eigenvalue weighted by Crippen LogP contribution is 2.41. The molecule has 96 valence electrons. The minimum absolute atomic E-state index is 0.227. The van der Waals surface area contributed by atoms with Crippen molar-refractivity contribution >= 4 is 11.9 Å². The minimum atomic E-state index is -0.462. The van der Waals surface area contributed by atoms with Crippen molar-refractivity contribution in [2.24, 2.45) is 5.41 Å². The monoisotopic (exact) mass is 239 g/mol. The van der Waals surface area contributed by atoms with Crippen LogP contribution in [0, 0.1) is 5.41 Å². The first-order valence-electron chi connectivity index (χ1n) is 6.34. The summed E-state index contributed by atoms with van der Waals surface area (Å²) < 4.78 is 5.29. The Morgan fingerprint density at radius 3 is 2.47 bits per heavy atom. The molecule has 2 fully saturated rings. The number of hydrogen-bond acceptors (Lipinski definition) is 3. The molecule has 1 aliphatic carbocycles. The van der Waals surface area contributed by atoms with Crippen LogP contribution in [-0.4, -0.2) is 35.5 Å². The topological polar surface area (TPSA) is 46.6 Å². The second-order valence-corrected chi connectivity index (χ2v) is 6.25. The highest BCUT2D eigenvalue weighted by Gasteiger charge is 2.51. The Morgan fingerprint density at radius 1 is 1.29 bits per heavy atom. The molecular weight excluding hydrogens is 218 g/mol. The molecule has 1 aliphatic heterocycles. The normalized spacial score (nSPS) is 23.5. The fourth-order valence-corrected chi connectivity index (χ4v) is 2.63. The Hall–Kier alpha value is -1.06. The van der Waals surface area contributed by atoms with Gasteiger partial charge in [0.15, 0.2) is 0 Å². The molecule has 17 heavy (non-hydrogen) atoms. The van der Waals surface area contributed by atoms with E-state index in [4.69, 9.17) is 4.74 Å². The maximum Gasteiger partial charge on any atom is 0.410 e. The molecule has 2 rings (SSSR count). The first kappa shape index (κ1) is 12.4. The molecule has 0 aromatic rings. The zero-order chi connectivity index (χ0) is 12.7. The number of rotatable bonds is 0. The summed E-state index contributed by atoms with van der Waals surface area (Å²) in [6, 6.07) is 0. The van der Waals surface area contributed by atoms with Gasteiger partial charge < -0.3 is 9.64 Å². The summed E-state index contributed by atoms with van der Waals surface area (Å²) in [5.41, 5.74) is -0.689. The zero-order valence-corrected chi connectivity index (χ0v) is 10.9. The molecule has 2 aliphatic rings. The number of carbonyl (C=O) groups excluding carboxylic acids is 2. The first-order valence-corrected chi connectivity index (χ1v) is 6.34. The Morgan fingerprint density at radius 2 is 1.94 bits per heavy atom. The van der Waals surface area contributed by atoms with Gasteiger partial charge >= 0.3 is 6.09 Å². The summed E-state index contributed by atoms with van der Waals surface area (Å²) in [6.45, 7) is 6.67. The lowest BCUT2D eigenvalue weighted by molar-refractivity contribution is -0.142. The summed E-state index contributed by atoms with van der Waals surface area (Å²) in [6.07, 6.45) is 3.44. The number of Topliss-reactive ketones (excluding diaryl/α,β-unsaturated/α-hetero) is 1. The molecule has 0 aromatic heterocycles. The third-order valence-corrected chi connectivity index (χ3v) is 3.54. The molecule has 0 radical (unpaired) electrons. The van der Waals surface area contributed by atoms with Crippen molar-refractivity contribution in [3.05, 3.63) is 0 Å². The lowest BCUT2D eigenvalue weighted by Crippen LogP contribution is -2.63. The lowest BCUT2D eigenvalue weighted by Gasteiger charge is -2.50. The van der Waals surface area contributed by atoms with E-state index in [1.807, 2.05) is 20.8 Å². The molecule has 1 spiro atoms. The fourth-order valence-electron chi connectivity index (χ4n) is 2.63. The number of hydrogen-bond donors (Lipinski definition) is 0. The van der Waals surface area contributed by atoms with E-state index in [-0.39, 0.29) is 11.5 Å². The second-order valence-electron chi connectivity index (χ2n) is 6.25. The van der Waals surface area contributed by atoms with Crippen molar-refractivity contribution in [2.75, 3.05) is 13.1 Å². The van der Waals surface area contributed by atoms with Crippen LogP contribution in [-0.2, 0) is 9.53 Å². The van der Waals surface area contributed by atoms with Crippen LogP contribution in [0.15, 0.2) is 0 Å². The van der Waals surface area contributed by atoms with Crippen molar-refractivity contribution < 1.29 is 14.3 Å². The summed E-state index contributed by atoms with van der Waals surface area (Å²) in [5, 5.41) is 0. The second kappa shape index (κ2) is 4.00. The largest absolute Gasteiger partial charge is 0.444 e. The molecule has 1 amide bonds. The van der Waals surface area contributed by atoms with E-state index in [2.05, 4.69) is 0 Å². The Bertz CT molecular complexity index is 337. The van der Waals surface area contributed by atoms with Gasteiger partial charge in [-0.2, -0.15) is 0 Å². The molecule has 1 saturated heterocycles. The number of carbonyl (C=O) groups is 2. The molecule has 1 heterocycles. The van der Waals surface area contributed by atoms with E-state index < -0.39 is 5.60 Å². The van der Waals surface area contributed by atoms with Crippen LogP contribution in [0.4, 0.5) is 4.79 Å². The number of likely N-dealkylation sites (tertiary alicyclic amines) is 1. The molecular formula is C13H21NO3. The van der Waals surface area contributed by atoms with Gasteiger partial charge in [0, 0.05) is 19.5 Å². The average Bonchev–Trinajstić information content (AvgIpc) is 2.12. The fraction of sp³-hybridized carbons (Fsp3) is 0.846. The molecule has 0 bridgehead atoms. The number of nitrogens with zero attached hydrogens (tertiary/aromatic N) is 1. The average molecular weight is 239 g/mol. The third kappa shape index (κ3) is 2.45. The maximum absolute atomic E-state index is 11.9. The predicted octanol–water partition coefficient (Wildman–Crippen LogP) is 2.37. The van der Waals surface area contributed by atoms with E-state index in [9.17, 15) is 9.59 Å². The van der Waals surface area contributed by atoms with Gasteiger partial charge in [-0.05, 0) is 33.6 Å². The van der Waals surface area contributed by atoms with E-state index in [1.165, 1.54) is 0 Å². The van der Waals surface area contributed by atoms with E-state index in [0.717, 1.165) is 19.3 Å². The van der Waals surface area contributed by atoms with Gasteiger partial charge in [-0.25, -0.2) is 4.79 Å². The van der Waals surface area contributed by atoms with Crippen LogP contribution >= 0.6 is 0 Å². The van der Waals surface area contributed by atoms with Crippen LogP contribution in [0.25, 0.3) is 0 Å². The Labute approximate surface area is 102 Å². The van der Waals surface area contributed by atoms with E-state index in [1.54, 1.807) is 4.90 Å². The van der Waals surface area contributed by atoms with Crippen LogP contribution in [0.5, 0.6) is 0 Å². The van der Waals surface area contributed by atoms with Gasteiger partial charge in [-0.15, -0.1) is 0 Å². The van der Waals surface area contributed by atoms with Crippen LogP contribution < -0.4 is 0 Å². The van der Waals surface area contributed by atoms with Crippen LogP contribution in [0.3, 0.4) is 0 Å². The number of amides is 1. The summed E-state index contributed by atoms with van der Waals surface area (Å²) in [4.78, 5) is 25.3. The SMILES string of the molecule is CC(C)(C)OC(=O)N1CC2(CCCCC2=O)C1. The van der Waals surface area contributed by atoms with E-state index >= 15 is 0 Å². The summed E-state index contributed by atoms with van der Waals surface area (Å²) in [5.74, 6) is 0.337. The molecule has 0 aromatic carbocycles.